The van der Waals surface area contributed by atoms with Crippen molar-refractivity contribution in [2.45, 2.75) is 12.5 Å². The van der Waals surface area contributed by atoms with E-state index in [9.17, 15) is 13.2 Å². The summed E-state index contributed by atoms with van der Waals surface area (Å²) in [4.78, 5) is 0. The molecule has 1 N–H and O–H groups in total. The van der Waals surface area contributed by atoms with Crippen molar-refractivity contribution in [3.63, 3.8) is 0 Å². The van der Waals surface area contributed by atoms with Crippen LogP contribution in [0.1, 0.15) is 5.56 Å². The molecule has 0 atom stereocenters. The van der Waals surface area contributed by atoms with Crippen LogP contribution < -0.4 is 5.32 Å². The average Bonchev–Trinajstić information content (AvgIpc) is 2.21. The molecule has 0 aliphatic carbocycles. The van der Waals surface area contributed by atoms with Crippen molar-refractivity contribution in [3.05, 3.63) is 29.6 Å². The summed E-state index contributed by atoms with van der Waals surface area (Å²) in [5.41, 5.74) is 0.654. The van der Waals surface area contributed by atoms with Gasteiger partial charge in [0, 0.05) is 5.69 Å². The smallest absolute Gasteiger partial charge is 0.327 e. The number of hydrogen-bond donors (Lipinski definition) is 1. The molecule has 1 aliphatic heterocycles. The van der Waals surface area contributed by atoms with Gasteiger partial charge in [-0.2, -0.15) is 8.78 Å². The average molecular weight is 173 g/mol. The lowest BCUT2D eigenvalue weighted by Gasteiger charge is -2.07. The fraction of sp³-hybridized carbons (Fsp3) is 0.250. The van der Waals surface area contributed by atoms with Crippen LogP contribution in [0.15, 0.2) is 18.2 Å². The lowest BCUT2D eigenvalue weighted by molar-refractivity contribution is 0.0410. The van der Waals surface area contributed by atoms with Gasteiger partial charge in [-0.15, -0.1) is 0 Å². The van der Waals surface area contributed by atoms with Gasteiger partial charge >= 0.3 is 6.05 Å². The van der Waals surface area contributed by atoms with Crippen molar-refractivity contribution >= 4 is 5.69 Å². The van der Waals surface area contributed by atoms with Crippen molar-refractivity contribution in [3.8, 4) is 0 Å². The van der Waals surface area contributed by atoms with Gasteiger partial charge in [0.25, 0.3) is 0 Å². The zero-order valence-corrected chi connectivity index (χ0v) is 6.07. The Hall–Kier alpha value is -1.19. The summed E-state index contributed by atoms with van der Waals surface area (Å²) >= 11 is 0. The molecule has 1 heterocycles. The molecule has 12 heavy (non-hydrogen) atoms. The number of benzene rings is 1. The standard InChI is InChI=1S/C8H6F3N/c9-6-1-2-7-5(3-6)4-8(10,11)12-7/h1-3,12H,4H2. The minimum absolute atomic E-state index is 0.321. The lowest BCUT2D eigenvalue weighted by atomic mass is 10.1. The first-order valence-corrected chi connectivity index (χ1v) is 3.51. The molecule has 0 spiro atoms. The highest BCUT2D eigenvalue weighted by Gasteiger charge is 2.36. The summed E-state index contributed by atoms with van der Waals surface area (Å²) in [5, 5.41) is 2.00. The number of rotatable bonds is 0. The SMILES string of the molecule is Fc1ccc2c(c1)CC(F)(F)N2. The molecule has 0 aromatic heterocycles. The Morgan fingerprint density at radius 3 is 2.83 bits per heavy atom. The number of anilines is 1. The molecule has 1 aliphatic rings. The summed E-state index contributed by atoms with van der Waals surface area (Å²) < 4.78 is 37.8. The Morgan fingerprint density at radius 2 is 2.08 bits per heavy atom. The molecule has 1 aromatic carbocycles. The number of nitrogens with one attached hydrogen (secondary N) is 1. The van der Waals surface area contributed by atoms with Gasteiger partial charge in [-0.25, -0.2) is 4.39 Å². The van der Waals surface area contributed by atoms with Gasteiger partial charge in [-0.3, -0.25) is 0 Å². The normalized spacial score (nSPS) is 18.6. The molecule has 0 amide bonds. The van der Waals surface area contributed by atoms with Crippen LogP contribution >= 0.6 is 0 Å². The van der Waals surface area contributed by atoms with Crippen LogP contribution in [0.2, 0.25) is 0 Å². The molecule has 0 fully saturated rings. The van der Waals surface area contributed by atoms with Gasteiger partial charge < -0.3 is 5.32 Å². The zero-order chi connectivity index (χ0) is 8.77. The minimum atomic E-state index is -2.92. The van der Waals surface area contributed by atoms with E-state index in [1.807, 2.05) is 5.32 Å². The molecule has 64 valence electrons. The van der Waals surface area contributed by atoms with E-state index in [0.29, 0.717) is 11.3 Å². The third kappa shape index (κ3) is 1.13. The Kier molecular flexibility index (Phi) is 1.34. The quantitative estimate of drug-likeness (QED) is 0.594. The Balaban J connectivity index is 2.43. The van der Waals surface area contributed by atoms with Gasteiger partial charge in [0.2, 0.25) is 0 Å². The summed E-state index contributed by atoms with van der Waals surface area (Å²) in [5.74, 6) is -0.478. The van der Waals surface area contributed by atoms with E-state index in [1.54, 1.807) is 0 Å². The molecule has 0 unspecified atom stereocenters. The largest absolute Gasteiger partial charge is 0.327 e. The second kappa shape index (κ2) is 2.15. The first-order chi connectivity index (χ1) is 5.57. The molecule has 0 saturated heterocycles. The monoisotopic (exact) mass is 173 g/mol. The molecule has 0 bridgehead atoms. The molecule has 0 saturated carbocycles. The highest BCUT2D eigenvalue weighted by atomic mass is 19.3. The zero-order valence-electron chi connectivity index (χ0n) is 6.07. The fourth-order valence-electron chi connectivity index (χ4n) is 1.31. The van der Waals surface area contributed by atoms with E-state index in [0.717, 1.165) is 12.1 Å². The lowest BCUT2D eigenvalue weighted by Crippen LogP contribution is -2.23. The summed E-state index contributed by atoms with van der Waals surface area (Å²) in [6.07, 6.45) is -0.430. The molecule has 2 rings (SSSR count). The van der Waals surface area contributed by atoms with E-state index in [2.05, 4.69) is 0 Å². The van der Waals surface area contributed by atoms with Crippen LogP contribution in [0.4, 0.5) is 18.9 Å². The molecular formula is C8H6F3N. The van der Waals surface area contributed by atoms with Gasteiger partial charge in [0.05, 0.1) is 6.42 Å². The highest BCUT2D eigenvalue weighted by molar-refractivity contribution is 5.57. The molecule has 1 aromatic rings. The van der Waals surface area contributed by atoms with Crippen molar-refractivity contribution in [2.24, 2.45) is 0 Å². The van der Waals surface area contributed by atoms with E-state index in [-0.39, 0.29) is 0 Å². The van der Waals surface area contributed by atoms with Crippen LogP contribution in [-0.2, 0) is 6.42 Å². The first-order valence-electron chi connectivity index (χ1n) is 3.51. The maximum Gasteiger partial charge on any atom is 0.327 e. The number of alkyl halides is 2. The molecule has 4 heteroatoms. The molecule has 1 nitrogen and oxygen atoms in total. The molecule has 0 radical (unpaired) electrons. The fourth-order valence-corrected chi connectivity index (χ4v) is 1.31. The number of halogens is 3. The van der Waals surface area contributed by atoms with Gasteiger partial charge in [-0.1, -0.05) is 0 Å². The second-order valence-corrected chi connectivity index (χ2v) is 2.81. The Morgan fingerprint density at radius 1 is 1.33 bits per heavy atom. The van der Waals surface area contributed by atoms with Crippen LogP contribution in [0.5, 0.6) is 0 Å². The van der Waals surface area contributed by atoms with E-state index < -0.39 is 18.3 Å². The van der Waals surface area contributed by atoms with E-state index in [4.69, 9.17) is 0 Å². The minimum Gasteiger partial charge on any atom is -0.327 e. The Bertz CT molecular complexity index is 322. The highest BCUT2D eigenvalue weighted by Crippen LogP contribution is 2.34. The predicted octanol–water partition coefficient (Wildman–Crippen LogP) is 2.39. The summed E-state index contributed by atoms with van der Waals surface area (Å²) in [6, 6.07) is 0.693. The van der Waals surface area contributed by atoms with Crippen molar-refractivity contribution < 1.29 is 13.2 Å². The maximum atomic E-state index is 12.6. The van der Waals surface area contributed by atoms with Crippen LogP contribution in [-0.4, -0.2) is 6.05 Å². The topological polar surface area (TPSA) is 12.0 Å². The predicted molar refractivity (Wildman–Crippen MR) is 38.7 cm³/mol. The van der Waals surface area contributed by atoms with E-state index >= 15 is 0 Å². The van der Waals surface area contributed by atoms with Crippen molar-refractivity contribution in [1.29, 1.82) is 0 Å². The van der Waals surface area contributed by atoms with Crippen LogP contribution in [0.25, 0.3) is 0 Å². The van der Waals surface area contributed by atoms with E-state index in [1.165, 1.54) is 6.07 Å². The third-order valence-electron chi connectivity index (χ3n) is 1.80. The maximum absolute atomic E-state index is 12.6. The van der Waals surface area contributed by atoms with Crippen LogP contribution in [0, 0.1) is 5.82 Å². The number of hydrogen-bond acceptors (Lipinski definition) is 1. The van der Waals surface area contributed by atoms with Gasteiger partial charge in [0.15, 0.2) is 0 Å². The van der Waals surface area contributed by atoms with Crippen molar-refractivity contribution in [2.75, 3.05) is 5.32 Å². The second-order valence-electron chi connectivity index (χ2n) is 2.81. The summed E-state index contributed by atoms with van der Waals surface area (Å²) in [6.45, 7) is 0. The van der Waals surface area contributed by atoms with Crippen molar-refractivity contribution in [1.82, 2.24) is 0 Å². The third-order valence-corrected chi connectivity index (χ3v) is 1.80. The van der Waals surface area contributed by atoms with Gasteiger partial charge in [0.1, 0.15) is 5.82 Å². The first kappa shape index (κ1) is 7.46. The summed E-state index contributed by atoms with van der Waals surface area (Å²) in [7, 11) is 0. The van der Waals surface area contributed by atoms with Crippen LogP contribution in [0.3, 0.4) is 0 Å². The van der Waals surface area contributed by atoms with Gasteiger partial charge in [-0.05, 0) is 23.8 Å². The molecular weight excluding hydrogens is 167 g/mol. The number of fused-ring (bicyclic) bond motifs is 1. The Labute approximate surface area is 67.2 Å².